The molecule has 2 saturated carbocycles. The average Bonchev–Trinajstić information content (AvgIpc) is 3.59. The molecule has 0 aliphatic heterocycles. The fourth-order valence-electron chi connectivity index (χ4n) is 8.35. The first-order valence-electron chi connectivity index (χ1n) is 16.5. The number of fused-ring (bicyclic) bond motifs is 3. The van der Waals surface area contributed by atoms with Gasteiger partial charge in [-0.2, -0.15) is 0 Å². The molecule has 0 aromatic heterocycles. The van der Waals surface area contributed by atoms with Crippen molar-refractivity contribution in [2.45, 2.75) is 141 Å². The van der Waals surface area contributed by atoms with E-state index in [1.165, 1.54) is 62.5 Å². The summed E-state index contributed by atoms with van der Waals surface area (Å²) in [5.41, 5.74) is 11.8. The first-order valence-corrected chi connectivity index (χ1v) is 24.3. The van der Waals surface area contributed by atoms with E-state index in [4.69, 9.17) is 0 Å². The Hall–Kier alpha value is -0.980. The Morgan fingerprint density at radius 1 is 0.725 bits per heavy atom. The molecule has 2 heteroatoms. The normalized spacial score (nSPS) is 19.9. The second kappa shape index (κ2) is 11.6. The zero-order valence-electron chi connectivity index (χ0n) is 26.3. The van der Waals surface area contributed by atoms with Gasteiger partial charge in [0.05, 0.1) is 0 Å². The molecule has 0 saturated heterocycles. The van der Waals surface area contributed by atoms with E-state index in [0.29, 0.717) is 0 Å². The Bertz CT molecular complexity index is 1340. The average molecular weight is 628 g/mol. The molecule has 40 heavy (non-hydrogen) atoms. The monoisotopic (exact) mass is 626 g/mol. The molecule has 0 unspecified atom stereocenters. The number of rotatable bonds is 4. The summed E-state index contributed by atoms with van der Waals surface area (Å²) in [4.78, 5) is 0. The Kier molecular flexibility index (Phi) is 8.44. The van der Waals surface area contributed by atoms with E-state index in [2.05, 4.69) is 90.1 Å². The standard InChI is InChI=1S/C21H25.C12H22Si.C5H5.Zr/c1-20(2,3)16-7-9-18-14(12-16)11-15-13-17(21(4,5)6)8-10-19(15)18;1-3-7-11(8-4-1)13-12-9-5-2-6-10-12;1-2-4-5-3-1;/h7-10,12H,11H2,1-6H3;11-12H,1-10H2;1-3H,4H2;. The molecule has 0 nitrogen and oxygen atoms in total. The summed E-state index contributed by atoms with van der Waals surface area (Å²) in [5, 5.41) is 0. The van der Waals surface area contributed by atoms with Crippen LogP contribution in [0.5, 0.6) is 0 Å². The van der Waals surface area contributed by atoms with E-state index in [9.17, 15) is 0 Å². The van der Waals surface area contributed by atoms with Crippen LogP contribution in [0.1, 0.15) is 134 Å². The van der Waals surface area contributed by atoms with Crippen LogP contribution in [0.25, 0.3) is 11.1 Å². The van der Waals surface area contributed by atoms with Gasteiger partial charge in [0.25, 0.3) is 0 Å². The van der Waals surface area contributed by atoms with E-state index in [1.807, 2.05) is 6.55 Å². The molecule has 2 aromatic rings. The van der Waals surface area contributed by atoms with Gasteiger partial charge in [0, 0.05) is 0 Å². The zero-order chi connectivity index (χ0) is 28.1. The minimum atomic E-state index is -2.21. The van der Waals surface area contributed by atoms with Gasteiger partial charge in [-0.1, -0.05) is 0 Å². The maximum atomic E-state index is 2.65. The van der Waals surface area contributed by atoms with Crippen molar-refractivity contribution in [3.63, 3.8) is 0 Å². The van der Waals surface area contributed by atoms with Crippen LogP contribution in [0.4, 0.5) is 0 Å². The van der Waals surface area contributed by atoms with Gasteiger partial charge in [-0.3, -0.25) is 0 Å². The Labute approximate surface area is 253 Å². The van der Waals surface area contributed by atoms with Gasteiger partial charge in [0.2, 0.25) is 0 Å². The summed E-state index contributed by atoms with van der Waals surface area (Å²) in [6.45, 7) is 14.6. The topological polar surface area (TPSA) is 0 Å². The molecule has 4 aliphatic rings. The molecule has 2 aromatic carbocycles. The second-order valence-electron chi connectivity index (χ2n) is 15.4. The van der Waals surface area contributed by atoms with Gasteiger partial charge >= 0.3 is 255 Å². The minimum absolute atomic E-state index is 0.195. The van der Waals surface area contributed by atoms with Crippen molar-refractivity contribution < 1.29 is 20.4 Å². The van der Waals surface area contributed by atoms with Crippen LogP contribution < -0.4 is 3.27 Å². The molecule has 212 valence electrons. The van der Waals surface area contributed by atoms with Crippen molar-refractivity contribution >= 4 is 8.70 Å². The quantitative estimate of drug-likeness (QED) is 0.253. The Balaban J connectivity index is 1.63. The molecular formula is C38H52SiZr. The van der Waals surface area contributed by atoms with Gasteiger partial charge in [-0.25, -0.2) is 0 Å². The first-order chi connectivity index (χ1) is 19.1. The number of allylic oxidation sites excluding steroid dienone is 4. The maximum absolute atomic E-state index is 2.65. The molecule has 6 rings (SSSR count). The number of benzene rings is 2. The number of hydrogen-bond donors (Lipinski definition) is 0. The van der Waals surface area contributed by atoms with Crippen LogP contribution in [0, 0.1) is 0 Å². The van der Waals surface area contributed by atoms with E-state index in [1.54, 1.807) is 47.9 Å². The van der Waals surface area contributed by atoms with Crippen molar-refractivity contribution in [1.29, 1.82) is 0 Å². The molecule has 4 aliphatic carbocycles. The molecule has 0 amide bonds. The zero-order valence-corrected chi connectivity index (χ0v) is 29.7. The fraction of sp³-hybridized carbons (Fsp3) is 0.579. The second-order valence-corrected chi connectivity index (χ2v) is 29.8. The van der Waals surface area contributed by atoms with E-state index in [0.717, 1.165) is 11.1 Å². The summed E-state index contributed by atoms with van der Waals surface area (Å²) in [6.07, 6.45) is 25.2. The summed E-state index contributed by atoms with van der Waals surface area (Å²) in [5.74, 6) is 0. The van der Waals surface area contributed by atoms with Gasteiger partial charge in [-0.15, -0.1) is 0 Å². The third kappa shape index (κ3) is 5.67. The Morgan fingerprint density at radius 3 is 1.90 bits per heavy atom. The van der Waals surface area contributed by atoms with Gasteiger partial charge in [0.15, 0.2) is 0 Å². The fourth-order valence-corrected chi connectivity index (χ4v) is 35.8. The predicted molar refractivity (Wildman–Crippen MR) is 173 cm³/mol. The van der Waals surface area contributed by atoms with Crippen LogP contribution in [-0.4, -0.2) is 5.43 Å². The molecular weight excluding hydrogens is 576 g/mol. The SMILES string of the molecule is CC(C)(C)c1ccc2c(c1)Cc1c-2ccc(C(C)(C)C)[c]1[Zr]([C]1=CC=CC1)=[Si](C1CCCCC1)C1CCCCC1. The molecule has 0 radical (unpaired) electrons. The molecule has 0 atom stereocenters. The van der Waals surface area contributed by atoms with Crippen molar-refractivity contribution in [3.05, 3.63) is 74.1 Å². The first kappa shape index (κ1) is 29.1. The van der Waals surface area contributed by atoms with E-state index >= 15 is 0 Å². The van der Waals surface area contributed by atoms with Crippen molar-refractivity contribution in [3.8, 4) is 11.1 Å². The molecule has 0 bridgehead atoms. The Morgan fingerprint density at radius 2 is 1.35 bits per heavy atom. The van der Waals surface area contributed by atoms with Crippen molar-refractivity contribution in [1.82, 2.24) is 0 Å². The summed E-state index contributed by atoms with van der Waals surface area (Å²) in [7, 11) is 0. The van der Waals surface area contributed by atoms with Crippen LogP contribution in [-0.2, 0) is 37.6 Å². The number of hydrogen-bond acceptors (Lipinski definition) is 0. The van der Waals surface area contributed by atoms with Crippen molar-refractivity contribution in [2.24, 2.45) is 0 Å². The van der Waals surface area contributed by atoms with Crippen LogP contribution in [0.3, 0.4) is 0 Å². The van der Waals surface area contributed by atoms with Gasteiger partial charge < -0.3 is 0 Å². The predicted octanol–water partition coefficient (Wildman–Crippen LogP) is 10.6. The van der Waals surface area contributed by atoms with Gasteiger partial charge in [0.1, 0.15) is 0 Å². The third-order valence-electron chi connectivity index (χ3n) is 10.5. The van der Waals surface area contributed by atoms with Crippen LogP contribution in [0.15, 0.2) is 51.8 Å². The molecule has 0 heterocycles. The van der Waals surface area contributed by atoms with E-state index in [-0.39, 0.29) is 10.8 Å². The van der Waals surface area contributed by atoms with Crippen LogP contribution in [0.2, 0.25) is 11.1 Å². The van der Waals surface area contributed by atoms with Gasteiger partial charge in [-0.05, 0) is 0 Å². The van der Waals surface area contributed by atoms with Crippen LogP contribution >= 0.6 is 0 Å². The summed E-state index contributed by atoms with van der Waals surface area (Å²) in [6, 6.07) is 12.6. The molecule has 0 N–H and O–H groups in total. The summed E-state index contributed by atoms with van der Waals surface area (Å²) >= 11 is -2.21. The molecule has 2 fully saturated rings. The molecule has 0 spiro atoms. The van der Waals surface area contributed by atoms with E-state index < -0.39 is 25.8 Å². The van der Waals surface area contributed by atoms with Crippen molar-refractivity contribution in [2.75, 3.05) is 0 Å². The third-order valence-corrected chi connectivity index (χ3v) is 32.7. The summed E-state index contributed by atoms with van der Waals surface area (Å²) < 4.78 is 3.94.